The Kier molecular flexibility index (Phi) is 2.84. The molecule has 4 nitrogen and oxygen atoms in total. The lowest BCUT2D eigenvalue weighted by Gasteiger charge is -2.23. The highest BCUT2D eigenvalue weighted by molar-refractivity contribution is 4.87. The van der Waals surface area contributed by atoms with Crippen molar-refractivity contribution in [1.82, 2.24) is 0 Å². The van der Waals surface area contributed by atoms with Crippen LogP contribution in [0.4, 0.5) is 0 Å². The van der Waals surface area contributed by atoms with Gasteiger partial charge in [0.25, 0.3) is 0 Å². The van der Waals surface area contributed by atoms with Crippen molar-refractivity contribution < 1.29 is 20.1 Å². The van der Waals surface area contributed by atoms with Crippen LogP contribution >= 0.6 is 0 Å². The fraction of sp³-hybridized carbons (Fsp3) is 1.00. The molecule has 1 aliphatic heterocycles. The van der Waals surface area contributed by atoms with E-state index in [-0.39, 0.29) is 25.9 Å². The molecule has 0 aromatic heterocycles. The zero-order valence-corrected chi connectivity index (χ0v) is 6.36. The minimum Gasteiger partial charge on any atom is -0.394 e. The van der Waals surface area contributed by atoms with Crippen LogP contribution in [0, 0.1) is 0 Å². The van der Waals surface area contributed by atoms with Gasteiger partial charge in [-0.25, -0.2) is 0 Å². The number of rotatable bonds is 3. The molecule has 0 amide bonds. The van der Waals surface area contributed by atoms with Crippen molar-refractivity contribution in [2.75, 3.05) is 19.8 Å². The average Bonchev–Trinajstić information content (AvgIpc) is 2.49. The minimum atomic E-state index is -0.798. The first kappa shape index (κ1) is 8.93. The molecule has 1 atom stereocenters. The van der Waals surface area contributed by atoms with E-state index in [9.17, 15) is 0 Å². The van der Waals surface area contributed by atoms with Crippen LogP contribution in [-0.4, -0.2) is 46.8 Å². The second kappa shape index (κ2) is 3.49. The van der Waals surface area contributed by atoms with E-state index in [1.165, 1.54) is 0 Å². The standard InChI is InChI=1S/C7H14O4/c8-3-6-1-2-7(4-9,5-10)11-6/h6,8-10H,1-5H2. The Morgan fingerprint density at radius 1 is 1.27 bits per heavy atom. The van der Waals surface area contributed by atoms with Gasteiger partial charge in [-0.15, -0.1) is 0 Å². The van der Waals surface area contributed by atoms with Gasteiger partial charge < -0.3 is 20.1 Å². The summed E-state index contributed by atoms with van der Waals surface area (Å²) in [6, 6.07) is 0. The third-order valence-electron chi connectivity index (χ3n) is 2.12. The van der Waals surface area contributed by atoms with E-state index in [0.717, 1.165) is 0 Å². The molecule has 1 heterocycles. The molecule has 0 aliphatic carbocycles. The van der Waals surface area contributed by atoms with E-state index in [4.69, 9.17) is 20.1 Å². The molecule has 0 bridgehead atoms. The molecule has 0 spiro atoms. The Hall–Kier alpha value is -0.160. The predicted octanol–water partition coefficient (Wildman–Crippen LogP) is -1.12. The van der Waals surface area contributed by atoms with Crippen LogP contribution in [0.15, 0.2) is 0 Å². The SMILES string of the molecule is OCC1CCC(CO)(CO)O1. The van der Waals surface area contributed by atoms with Crippen LogP contribution < -0.4 is 0 Å². The molecule has 0 aromatic rings. The van der Waals surface area contributed by atoms with E-state index in [1.807, 2.05) is 0 Å². The second-order valence-electron chi connectivity index (χ2n) is 2.96. The number of hydrogen-bond acceptors (Lipinski definition) is 4. The first-order valence-corrected chi connectivity index (χ1v) is 3.77. The molecule has 4 heteroatoms. The normalized spacial score (nSPS) is 29.2. The molecule has 0 aromatic carbocycles. The maximum Gasteiger partial charge on any atom is 0.115 e. The predicted molar refractivity (Wildman–Crippen MR) is 38.1 cm³/mol. The number of aliphatic hydroxyl groups excluding tert-OH is 3. The van der Waals surface area contributed by atoms with Crippen LogP contribution in [-0.2, 0) is 4.74 Å². The van der Waals surface area contributed by atoms with Crippen LogP contribution in [0.5, 0.6) is 0 Å². The lowest BCUT2D eigenvalue weighted by molar-refractivity contribution is -0.110. The van der Waals surface area contributed by atoms with Crippen LogP contribution in [0.2, 0.25) is 0 Å². The summed E-state index contributed by atoms with van der Waals surface area (Å²) >= 11 is 0. The summed E-state index contributed by atoms with van der Waals surface area (Å²) in [5.74, 6) is 0. The topological polar surface area (TPSA) is 69.9 Å². The summed E-state index contributed by atoms with van der Waals surface area (Å²) in [7, 11) is 0. The highest BCUT2D eigenvalue weighted by atomic mass is 16.5. The molecule has 1 saturated heterocycles. The molecule has 1 fully saturated rings. The lowest BCUT2D eigenvalue weighted by atomic mass is 10.0. The van der Waals surface area contributed by atoms with E-state index in [1.54, 1.807) is 0 Å². The molecule has 1 rings (SSSR count). The van der Waals surface area contributed by atoms with Gasteiger partial charge in [0.2, 0.25) is 0 Å². The van der Waals surface area contributed by atoms with E-state index in [2.05, 4.69) is 0 Å². The van der Waals surface area contributed by atoms with E-state index < -0.39 is 5.60 Å². The Bertz CT molecular complexity index is 122. The van der Waals surface area contributed by atoms with Gasteiger partial charge in [0.05, 0.1) is 25.9 Å². The van der Waals surface area contributed by atoms with E-state index >= 15 is 0 Å². The first-order chi connectivity index (χ1) is 5.26. The third kappa shape index (κ3) is 1.70. The van der Waals surface area contributed by atoms with Crippen LogP contribution in [0.3, 0.4) is 0 Å². The van der Waals surface area contributed by atoms with Gasteiger partial charge in [-0.3, -0.25) is 0 Å². The molecular weight excluding hydrogens is 148 g/mol. The van der Waals surface area contributed by atoms with Crippen molar-refractivity contribution in [3.63, 3.8) is 0 Å². The molecule has 11 heavy (non-hydrogen) atoms. The summed E-state index contributed by atoms with van der Waals surface area (Å²) in [5.41, 5.74) is -0.798. The number of aliphatic hydroxyl groups is 3. The van der Waals surface area contributed by atoms with Gasteiger partial charge in [0.15, 0.2) is 0 Å². The number of hydrogen-bond donors (Lipinski definition) is 3. The maximum absolute atomic E-state index is 8.86. The highest BCUT2D eigenvalue weighted by Gasteiger charge is 2.38. The van der Waals surface area contributed by atoms with Crippen molar-refractivity contribution in [3.8, 4) is 0 Å². The smallest absolute Gasteiger partial charge is 0.115 e. The fourth-order valence-corrected chi connectivity index (χ4v) is 1.31. The monoisotopic (exact) mass is 162 g/mol. The summed E-state index contributed by atoms with van der Waals surface area (Å²) in [6.07, 6.45) is 1.11. The van der Waals surface area contributed by atoms with Crippen LogP contribution in [0.25, 0.3) is 0 Å². The summed E-state index contributed by atoms with van der Waals surface area (Å²) in [5, 5.41) is 26.4. The van der Waals surface area contributed by atoms with Crippen molar-refractivity contribution in [2.45, 2.75) is 24.5 Å². The highest BCUT2D eigenvalue weighted by Crippen LogP contribution is 2.29. The maximum atomic E-state index is 8.86. The third-order valence-corrected chi connectivity index (χ3v) is 2.12. The summed E-state index contributed by atoms with van der Waals surface area (Å²) < 4.78 is 5.25. The van der Waals surface area contributed by atoms with Crippen molar-refractivity contribution in [2.24, 2.45) is 0 Å². The summed E-state index contributed by atoms with van der Waals surface area (Å²) in [6.45, 7) is -0.401. The van der Waals surface area contributed by atoms with Crippen molar-refractivity contribution >= 4 is 0 Å². The van der Waals surface area contributed by atoms with Crippen LogP contribution in [0.1, 0.15) is 12.8 Å². The Morgan fingerprint density at radius 2 is 1.91 bits per heavy atom. The zero-order valence-electron chi connectivity index (χ0n) is 6.36. The van der Waals surface area contributed by atoms with Gasteiger partial charge in [-0.2, -0.15) is 0 Å². The molecule has 1 unspecified atom stereocenters. The minimum absolute atomic E-state index is 0.0399. The largest absolute Gasteiger partial charge is 0.394 e. The molecule has 0 radical (unpaired) electrons. The van der Waals surface area contributed by atoms with Gasteiger partial charge in [0, 0.05) is 0 Å². The molecule has 0 saturated carbocycles. The first-order valence-electron chi connectivity index (χ1n) is 3.77. The van der Waals surface area contributed by atoms with Gasteiger partial charge in [0.1, 0.15) is 5.60 Å². The Labute approximate surface area is 65.4 Å². The molecule has 3 N–H and O–H groups in total. The summed E-state index contributed by atoms with van der Waals surface area (Å²) in [4.78, 5) is 0. The van der Waals surface area contributed by atoms with Gasteiger partial charge in [-0.05, 0) is 12.8 Å². The van der Waals surface area contributed by atoms with Crippen molar-refractivity contribution in [1.29, 1.82) is 0 Å². The molecule has 1 aliphatic rings. The Morgan fingerprint density at radius 3 is 2.18 bits per heavy atom. The zero-order chi connectivity index (χ0) is 8.32. The average molecular weight is 162 g/mol. The van der Waals surface area contributed by atoms with Crippen molar-refractivity contribution in [3.05, 3.63) is 0 Å². The van der Waals surface area contributed by atoms with Gasteiger partial charge >= 0.3 is 0 Å². The lowest BCUT2D eigenvalue weighted by Crippen LogP contribution is -2.38. The fourth-order valence-electron chi connectivity index (χ4n) is 1.31. The Balaban J connectivity index is 2.48. The van der Waals surface area contributed by atoms with E-state index in [0.29, 0.717) is 12.8 Å². The molecular formula is C7H14O4. The van der Waals surface area contributed by atoms with Gasteiger partial charge in [-0.1, -0.05) is 0 Å². The quantitative estimate of drug-likeness (QED) is 0.491. The number of ether oxygens (including phenoxy) is 1. The second-order valence-corrected chi connectivity index (χ2v) is 2.96. The molecule has 66 valence electrons.